The van der Waals surface area contributed by atoms with Crippen LogP contribution in [0.2, 0.25) is 10.0 Å². The maximum atomic E-state index is 6.22. The predicted molar refractivity (Wildman–Crippen MR) is 78.8 cm³/mol. The minimum Gasteiger partial charge on any atom is -0.495 e. The van der Waals surface area contributed by atoms with Crippen molar-refractivity contribution in [2.45, 2.75) is 37.4 Å². The van der Waals surface area contributed by atoms with Gasteiger partial charge in [-0.15, -0.1) is 0 Å². The van der Waals surface area contributed by atoms with Gasteiger partial charge in [0.05, 0.1) is 12.1 Å². The molecule has 0 heterocycles. The number of hydrogen-bond donors (Lipinski definition) is 0. The molecule has 0 saturated carbocycles. The lowest BCUT2D eigenvalue weighted by atomic mass is 10.1. The average molecular weight is 340 g/mol. The molecule has 1 nitrogen and oxygen atoms in total. The van der Waals surface area contributed by atoms with Crippen LogP contribution in [0.25, 0.3) is 0 Å². The number of alkyl halides is 1. The summed E-state index contributed by atoms with van der Waals surface area (Å²) in [4.78, 5) is 0.255. The molecular formula is C13H17BrCl2O. The summed E-state index contributed by atoms with van der Waals surface area (Å²) in [6.45, 7) is 2.19. The lowest BCUT2D eigenvalue weighted by Gasteiger charge is -2.14. The number of rotatable bonds is 6. The monoisotopic (exact) mass is 338 g/mol. The Morgan fingerprint density at radius 2 is 1.94 bits per heavy atom. The third kappa shape index (κ3) is 4.35. The largest absolute Gasteiger partial charge is 0.495 e. The van der Waals surface area contributed by atoms with Gasteiger partial charge < -0.3 is 4.74 Å². The first-order valence-corrected chi connectivity index (χ1v) is 7.44. The molecule has 0 radical (unpaired) electrons. The van der Waals surface area contributed by atoms with E-state index in [-0.39, 0.29) is 4.83 Å². The second-order valence-electron chi connectivity index (χ2n) is 3.97. The van der Waals surface area contributed by atoms with Gasteiger partial charge in [-0.1, -0.05) is 65.3 Å². The van der Waals surface area contributed by atoms with E-state index in [1.807, 2.05) is 6.07 Å². The molecule has 0 aliphatic carbocycles. The summed E-state index contributed by atoms with van der Waals surface area (Å²) < 4.78 is 5.13. The smallest absolute Gasteiger partial charge is 0.138 e. The summed E-state index contributed by atoms with van der Waals surface area (Å²) in [5, 5.41) is 1.30. The molecule has 0 bridgehead atoms. The Kier molecular flexibility index (Phi) is 6.68. The molecule has 0 spiro atoms. The van der Waals surface area contributed by atoms with Crippen LogP contribution in [0.1, 0.15) is 43.0 Å². The maximum absolute atomic E-state index is 6.22. The van der Waals surface area contributed by atoms with Gasteiger partial charge in [0, 0.05) is 15.9 Å². The second kappa shape index (κ2) is 7.50. The fourth-order valence-corrected chi connectivity index (χ4v) is 3.04. The number of halogens is 3. The summed E-state index contributed by atoms with van der Waals surface area (Å²) in [5.74, 6) is 0.619. The van der Waals surface area contributed by atoms with Gasteiger partial charge in [0.1, 0.15) is 5.75 Å². The summed E-state index contributed by atoms with van der Waals surface area (Å²) in [6, 6.07) is 3.65. The van der Waals surface area contributed by atoms with Crippen molar-refractivity contribution in [2.24, 2.45) is 0 Å². The Balaban J connectivity index is 2.79. The van der Waals surface area contributed by atoms with Crippen LogP contribution >= 0.6 is 39.1 Å². The van der Waals surface area contributed by atoms with E-state index in [0.717, 1.165) is 12.0 Å². The predicted octanol–water partition coefficient (Wildman–Crippen LogP) is 6.02. The molecule has 0 aliphatic rings. The first kappa shape index (κ1) is 15.1. The molecule has 0 fully saturated rings. The molecule has 17 heavy (non-hydrogen) atoms. The molecule has 0 amide bonds. The summed E-state index contributed by atoms with van der Waals surface area (Å²) in [5.41, 5.74) is 1.04. The topological polar surface area (TPSA) is 9.23 Å². The van der Waals surface area contributed by atoms with Crippen molar-refractivity contribution in [3.05, 3.63) is 27.7 Å². The van der Waals surface area contributed by atoms with E-state index in [0.29, 0.717) is 15.8 Å². The molecule has 1 atom stereocenters. The van der Waals surface area contributed by atoms with Crippen LogP contribution in [0.15, 0.2) is 12.1 Å². The Morgan fingerprint density at radius 3 is 2.53 bits per heavy atom. The van der Waals surface area contributed by atoms with Crippen LogP contribution < -0.4 is 4.74 Å². The van der Waals surface area contributed by atoms with Gasteiger partial charge in [-0.2, -0.15) is 0 Å². The van der Waals surface area contributed by atoms with E-state index in [1.54, 1.807) is 13.2 Å². The molecule has 1 unspecified atom stereocenters. The molecule has 1 aromatic carbocycles. The summed E-state index contributed by atoms with van der Waals surface area (Å²) in [6.07, 6.45) is 4.71. The lowest BCUT2D eigenvalue weighted by molar-refractivity contribution is 0.415. The highest BCUT2D eigenvalue weighted by Crippen LogP contribution is 2.39. The molecule has 1 rings (SSSR count). The van der Waals surface area contributed by atoms with Crippen molar-refractivity contribution in [1.82, 2.24) is 0 Å². The molecule has 0 aromatic heterocycles. The third-order valence-corrected chi connectivity index (χ3v) is 4.24. The van der Waals surface area contributed by atoms with Crippen LogP contribution in [0, 0.1) is 0 Å². The standard InChI is InChI=1S/C13H17BrCl2O/c1-3-4-5-6-10(14)9-7-12(16)13(17-2)8-11(9)15/h7-8,10H,3-6H2,1-2H3. The van der Waals surface area contributed by atoms with E-state index < -0.39 is 0 Å². The second-order valence-corrected chi connectivity index (χ2v) is 5.89. The summed E-state index contributed by atoms with van der Waals surface area (Å²) in [7, 11) is 1.59. The Bertz CT molecular complexity index is 369. The molecule has 1 aromatic rings. The lowest BCUT2D eigenvalue weighted by Crippen LogP contribution is -1.94. The Morgan fingerprint density at radius 1 is 1.24 bits per heavy atom. The fraction of sp³-hybridized carbons (Fsp3) is 0.538. The van der Waals surface area contributed by atoms with Gasteiger partial charge in [-0.25, -0.2) is 0 Å². The van der Waals surface area contributed by atoms with Crippen molar-refractivity contribution < 1.29 is 4.74 Å². The van der Waals surface area contributed by atoms with Crippen LogP contribution in [-0.4, -0.2) is 7.11 Å². The number of hydrogen-bond acceptors (Lipinski definition) is 1. The zero-order valence-corrected chi connectivity index (χ0v) is 13.2. The summed E-state index contributed by atoms with van der Waals surface area (Å²) >= 11 is 16.0. The molecule has 0 N–H and O–H groups in total. The van der Waals surface area contributed by atoms with Gasteiger partial charge in [-0.3, -0.25) is 0 Å². The highest BCUT2D eigenvalue weighted by molar-refractivity contribution is 9.09. The average Bonchev–Trinajstić information content (AvgIpc) is 2.31. The van der Waals surface area contributed by atoms with Crippen LogP contribution in [0.5, 0.6) is 5.75 Å². The van der Waals surface area contributed by atoms with E-state index in [2.05, 4.69) is 22.9 Å². The maximum Gasteiger partial charge on any atom is 0.138 e. The molecule has 4 heteroatoms. The fourth-order valence-electron chi connectivity index (χ4n) is 1.67. The highest BCUT2D eigenvalue weighted by Gasteiger charge is 2.14. The number of benzene rings is 1. The molecular weight excluding hydrogens is 323 g/mol. The number of unbranched alkanes of at least 4 members (excludes halogenated alkanes) is 2. The highest BCUT2D eigenvalue weighted by atomic mass is 79.9. The van der Waals surface area contributed by atoms with Gasteiger partial charge in [0.15, 0.2) is 0 Å². The van der Waals surface area contributed by atoms with Gasteiger partial charge in [0.25, 0.3) is 0 Å². The van der Waals surface area contributed by atoms with Crippen molar-refractivity contribution in [2.75, 3.05) is 7.11 Å². The quantitative estimate of drug-likeness (QED) is 0.455. The SMILES string of the molecule is CCCCCC(Br)c1cc(Cl)c(OC)cc1Cl. The van der Waals surface area contributed by atoms with Crippen molar-refractivity contribution in [1.29, 1.82) is 0 Å². The van der Waals surface area contributed by atoms with Crippen molar-refractivity contribution in [3.8, 4) is 5.75 Å². The van der Waals surface area contributed by atoms with Gasteiger partial charge in [-0.05, 0) is 18.1 Å². The van der Waals surface area contributed by atoms with E-state index in [1.165, 1.54) is 19.3 Å². The van der Waals surface area contributed by atoms with Gasteiger partial charge in [0.2, 0.25) is 0 Å². The van der Waals surface area contributed by atoms with Crippen LogP contribution in [-0.2, 0) is 0 Å². The minimum atomic E-state index is 0.255. The Labute approximate surface area is 122 Å². The minimum absolute atomic E-state index is 0.255. The van der Waals surface area contributed by atoms with Crippen LogP contribution in [0.3, 0.4) is 0 Å². The first-order chi connectivity index (χ1) is 8.10. The molecule has 0 aliphatic heterocycles. The number of methoxy groups -OCH3 is 1. The normalized spacial score (nSPS) is 12.5. The first-order valence-electron chi connectivity index (χ1n) is 5.77. The zero-order valence-electron chi connectivity index (χ0n) is 10.1. The van der Waals surface area contributed by atoms with Crippen LogP contribution in [0.4, 0.5) is 0 Å². The Hall–Kier alpha value is 0.0800. The van der Waals surface area contributed by atoms with Crippen molar-refractivity contribution >= 4 is 39.1 Å². The molecule has 96 valence electrons. The number of ether oxygens (including phenoxy) is 1. The van der Waals surface area contributed by atoms with Gasteiger partial charge >= 0.3 is 0 Å². The van der Waals surface area contributed by atoms with E-state index >= 15 is 0 Å². The molecule has 0 saturated heterocycles. The van der Waals surface area contributed by atoms with E-state index in [4.69, 9.17) is 27.9 Å². The van der Waals surface area contributed by atoms with E-state index in [9.17, 15) is 0 Å². The van der Waals surface area contributed by atoms with Crippen molar-refractivity contribution in [3.63, 3.8) is 0 Å². The zero-order chi connectivity index (χ0) is 12.8. The third-order valence-electron chi connectivity index (χ3n) is 2.67.